The molecule has 2 nitrogen and oxygen atoms in total. The number of nitrogens with zero attached hydrogens (tertiary/aromatic N) is 1. The monoisotopic (exact) mass is 251 g/mol. The first-order chi connectivity index (χ1) is 8.15. The van der Waals surface area contributed by atoms with Gasteiger partial charge < -0.3 is 5.11 Å². The predicted octanol–water partition coefficient (Wildman–Crippen LogP) is 3.27. The van der Waals surface area contributed by atoms with Crippen molar-refractivity contribution >= 4 is 11.9 Å². The van der Waals surface area contributed by atoms with E-state index in [0.717, 1.165) is 25.9 Å². The van der Waals surface area contributed by atoms with Crippen molar-refractivity contribution in [3.63, 3.8) is 0 Å². The molecule has 0 spiro atoms. The van der Waals surface area contributed by atoms with E-state index in [1.807, 2.05) is 11.9 Å². The normalized spacial score (nSPS) is 18.8. The fourth-order valence-electron chi connectivity index (χ4n) is 2.00. The second-order valence-electron chi connectivity index (χ2n) is 4.98. The van der Waals surface area contributed by atoms with Gasteiger partial charge in [0.25, 0.3) is 0 Å². The van der Waals surface area contributed by atoms with E-state index in [4.69, 9.17) is 0 Å². The van der Waals surface area contributed by atoms with Gasteiger partial charge in [0.1, 0.15) is 0 Å². The van der Waals surface area contributed by atoms with Gasteiger partial charge in [0, 0.05) is 18.0 Å². The number of aliphatic hydroxyl groups is 1. The predicted molar refractivity (Wildman–Crippen MR) is 73.2 cm³/mol. The SMILES string of the molecule is CC(C)c1ccc(SN2CCC(O)CC2)cc1. The third-order valence-corrected chi connectivity index (χ3v) is 4.31. The van der Waals surface area contributed by atoms with Crippen molar-refractivity contribution in [3.05, 3.63) is 29.8 Å². The van der Waals surface area contributed by atoms with Crippen molar-refractivity contribution in [1.29, 1.82) is 0 Å². The van der Waals surface area contributed by atoms with E-state index < -0.39 is 0 Å². The summed E-state index contributed by atoms with van der Waals surface area (Å²) in [6, 6.07) is 8.83. The first-order valence-corrected chi connectivity index (χ1v) is 7.13. The summed E-state index contributed by atoms with van der Waals surface area (Å²) < 4.78 is 2.34. The summed E-state index contributed by atoms with van der Waals surface area (Å²) in [7, 11) is 0. The fourth-order valence-corrected chi connectivity index (χ4v) is 2.95. The number of aliphatic hydroxyl groups excluding tert-OH is 1. The minimum Gasteiger partial charge on any atom is -0.393 e. The van der Waals surface area contributed by atoms with Crippen LogP contribution in [0.1, 0.15) is 38.2 Å². The van der Waals surface area contributed by atoms with Gasteiger partial charge in [-0.3, -0.25) is 0 Å². The van der Waals surface area contributed by atoms with Crippen LogP contribution < -0.4 is 0 Å². The standard InChI is InChI=1S/C14H21NOS/c1-11(2)12-3-5-14(6-4-12)17-15-9-7-13(16)8-10-15/h3-6,11,13,16H,7-10H2,1-2H3. The minimum absolute atomic E-state index is 0.0878. The Hall–Kier alpha value is -0.510. The summed E-state index contributed by atoms with van der Waals surface area (Å²) in [4.78, 5) is 1.30. The van der Waals surface area contributed by atoms with Gasteiger partial charge in [-0.15, -0.1) is 0 Å². The van der Waals surface area contributed by atoms with Gasteiger partial charge in [0.05, 0.1) is 6.10 Å². The topological polar surface area (TPSA) is 23.5 Å². The zero-order chi connectivity index (χ0) is 12.3. The fraction of sp³-hybridized carbons (Fsp3) is 0.571. The van der Waals surface area contributed by atoms with Gasteiger partial charge in [-0.25, -0.2) is 4.31 Å². The van der Waals surface area contributed by atoms with E-state index in [0.29, 0.717) is 5.92 Å². The lowest BCUT2D eigenvalue weighted by Crippen LogP contribution is -2.30. The molecule has 1 aliphatic heterocycles. The molecule has 0 amide bonds. The van der Waals surface area contributed by atoms with Crippen molar-refractivity contribution in [3.8, 4) is 0 Å². The van der Waals surface area contributed by atoms with Gasteiger partial charge in [-0.2, -0.15) is 0 Å². The van der Waals surface area contributed by atoms with E-state index in [1.54, 1.807) is 0 Å². The van der Waals surface area contributed by atoms with E-state index >= 15 is 0 Å². The molecule has 2 rings (SSSR count). The maximum absolute atomic E-state index is 9.45. The molecule has 1 fully saturated rings. The summed E-state index contributed by atoms with van der Waals surface area (Å²) in [6.45, 7) is 6.40. The first-order valence-electron chi connectivity index (χ1n) is 6.36. The van der Waals surface area contributed by atoms with Crippen LogP contribution in [-0.2, 0) is 0 Å². The molecular weight excluding hydrogens is 230 g/mol. The number of hydrogen-bond donors (Lipinski definition) is 1. The Kier molecular flexibility index (Phi) is 4.48. The van der Waals surface area contributed by atoms with Crippen LogP contribution in [0.4, 0.5) is 0 Å². The average Bonchev–Trinajstić information content (AvgIpc) is 2.33. The molecule has 0 bridgehead atoms. The zero-order valence-corrected chi connectivity index (χ0v) is 11.4. The minimum atomic E-state index is -0.0878. The van der Waals surface area contributed by atoms with Crippen LogP contribution >= 0.6 is 11.9 Å². The highest BCUT2D eigenvalue weighted by Crippen LogP contribution is 2.27. The molecule has 0 aliphatic carbocycles. The molecule has 0 unspecified atom stereocenters. The molecule has 0 radical (unpaired) electrons. The second-order valence-corrected chi connectivity index (χ2v) is 6.15. The Morgan fingerprint density at radius 1 is 1.18 bits per heavy atom. The lowest BCUT2D eigenvalue weighted by atomic mass is 10.0. The molecule has 1 aliphatic rings. The Morgan fingerprint density at radius 2 is 1.76 bits per heavy atom. The summed E-state index contributed by atoms with van der Waals surface area (Å²) in [5.74, 6) is 0.596. The largest absolute Gasteiger partial charge is 0.393 e. The number of benzene rings is 1. The quantitative estimate of drug-likeness (QED) is 0.834. The third-order valence-electron chi connectivity index (χ3n) is 3.20. The molecule has 1 aromatic carbocycles. The highest BCUT2D eigenvalue weighted by atomic mass is 32.2. The van der Waals surface area contributed by atoms with Crippen molar-refractivity contribution in [2.24, 2.45) is 0 Å². The third kappa shape index (κ3) is 3.73. The first kappa shape index (κ1) is 12.9. The van der Waals surface area contributed by atoms with E-state index in [-0.39, 0.29) is 6.10 Å². The number of piperidine rings is 1. The van der Waals surface area contributed by atoms with Crippen molar-refractivity contribution in [1.82, 2.24) is 4.31 Å². The van der Waals surface area contributed by atoms with E-state index in [9.17, 15) is 5.11 Å². The maximum atomic E-state index is 9.45. The van der Waals surface area contributed by atoms with Gasteiger partial charge in [-0.05, 0) is 48.4 Å². The van der Waals surface area contributed by atoms with Crippen LogP contribution in [0.2, 0.25) is 0 Å². The van der Waals surface area contributed by atoms with Crippen LogP contribution in [0.3, 0.4) is 0 Å². The van der Waals surface area contributed by atoms with Crippen LogP contribution in [0, 0.1) is 0 Å². The van der Waals surface area contributed by atoms with E-state index in [2.05, 4.69) is 42.4 Å². The average molecular weight is 251 g/mol. The molecule has 3 heteroatoms. The van der Waals surface area contributed by atoms with Crippen LogP contribution in [-0.4, -0.2) is 28.6 Å². The maximum Gasteiger partial charge on any atom is 0.0565 e. The van der Waals surface area contributed by atoms with Gasteiger partial charge in [-0.1, -0.05) is 26.0 Å². The molecule has 1 heterocycles. The highest BCUT2D eigenvalue weighted by molar-refractivity contribution is 7.97. The van der Waals surface area contributed by atoms with Gasteiger partial charge in [0.15, 0.2) is 0 Å². The molecule has 1 saturated heterocycles. The number of rotatable bonds is 3. The van der Waals surface area contributed by atoms with Crippen LogP contribution in [0.25, 0.3) is 0 Å². The summed E-state index contributed by atoms with van der Waals surface area (Å²) in [5, 5.41) is 9.45. The lowest BCUT2D eigenvalue weighted by Gasteiger charge is -2.28. The van der Waals surface area contributed by atoms with Crippen LogP contribution in [0.15, 0.2) is 29.2 Å². The van der Waals surface area contributed by atoms with Crippen molar-refractivity contribution < 1.29 is 5.11 Å². The Balaban J connectivity index is 1.90. The Bertz CT molecular complexity index is 342. The molecule has 1 N–H and O–H groups in total. The molecular formula is C14H21NOS. The summed E-state index contributed by atoms with van der Waals surface area (Å²) in [6.07, 6.45) is 1.71. The summed E-state index contributed by atoms with van der Waals surface area (Å²) in [5.41, 5.74) is 1.39. The van der Waals surface area contributed by atoms with Crippen molar-refractivity contribution in [2.75, 3.05) is 13.1 Å². The number of hydrogen-bond acceptors (Lipinski definition) is 3. The summed E-state index contributed by atoms with van der Waals surface area (Å²) >= 11 is 1.81. The molecule has 0 saturated carbocycles. The second kappa shape index (κ2) is 5.89. The zero-order valence-electron chi connectivity index (χ0n) is 10.6. The van der Waals surface area contributed by atoms with Crippen molar-refractivity contribution in [2.45, 2.75) is 43.6 Å². The molecule has 94 valence electrons. The smallest absolute Gasteiger partial charge is 0.0565 e. The van der Waals surface area contributed by atoms with Gasteiger partial charge >= 0.3 is 0 Å². The highest BCUT2D eigenvalue weighted by Gasteiger charge is 2.17. The molecule has 17 heavy (non-hydrogen) atoms. The Labute approximate surface area is 108 Å². The van der Waals surface area contributed by atoms with E-state index in [1.165, 1.54) is 10.5 Å². The van der Waals surface area contributed by atoms with Crippen LogP contribution in [0.5, 0.6) is 0 Å². The molecule has 0 atom stereocenters. The molecule has 0 aromatic heterocycles. The Morgan fingerprint density at radius 3 is 2.29 bits per heavy atom. The lowest BCUT2D eigenvalue weighted by molar-refractivity contribution is 0.116. The van der Waals surface area contributed by atoms with Gasteiger partial charge in [0.2, 0.25) is 0 Å². The molecule has 1 aromatic rings.